The zero-order valence-corrected chi connectivity index (χ0v) is 9.26. The highest BCUT2D eigenvalue weighted by molar-refractivity contribution is 5.73. The Labute approximate surface area is 90.2 Å². The first-order valence-corrected chi connectivity index (χ1v) is 5.37. The normalized spacial score (nSPS) is 23.2. The fourth-order valence-corrected chi connectivity index (χ4v) is 1.80. The maximum Gasteiger partial charge on any atom is 0.326 e. The third-order valence-corrected chi connectivity index (χ3v) is 2.55. The Kier molecular flexibility index (Phi) is 4.15. The number of hydrogen-bond donors (Lipinski definition) is 2. The molecule has 2 atom stereocenters. The topological polar surface area (TPSA) is 60.8 Å². The number of rotatable bonds is 4. The predicted octanol–water partition coefficient (Wildman–Crippen LogP) is 1.41. The van der Waals surface area contributed by atoms with Crippen LogP contribution in [0.25, 0.3) is 0 Å². The third-order valence-electron chi connectivity index (χ3n) is 2.55. The molecule has 15 heavy (non-hydrogen) atoms. The fourth-order valence-electron chi connectivity index (χ4n) is 1.80. The Morgan fingerprint density at radius 2 is 2.27 bits per heavy atom. The molecule has 1 heterocycles. The van der Waals surface area contributed by atoms with Crippen molar-refractivity contribution < 1.29 is 15.0 Å². The molecule has 2 N–H and O–H groups in total. The number of allylic oxidation sites excluding steroid dienone is 1. The Balaban J connectivity index is 2.73. The third kappa shape index (κ3) is 3.23. The lowest BCUT2D eigenvalue weighted by atomic mass is 10.0. The summed E-state index contributed by atoms with van der Waals surface area (Å²) in [6.07, 6.45) is 4.92. The molecule has 1 rings (SSSR count). The number of aliphatic carboxylic acids is 1. The van der Waals surface area contributed by atoms with Gasteiger partial charge in [0, 0.05) is 0 Å². The van der Waals surface area contributed by atoms with Gasteiger partial charge in [-0.3, -0.25) is 0 Å². The summed E-state index contributed by atoms with van der Waals surface area (Å²) in [7, 11) is 0. The van der Waals surface area contributed by atoms with Gasteiger partial charge in [0.15, 0.2) is 0 Å². The van der Waals surface area contributed by atoms with E-state index >= 15 is 0 Å². The van der Waals surface area contributed by atoms with Crippen molar-refractivity contribution in [2.24, 2.45) is 5.92 Å². The van der Waals surface area contributed by atoms with Crippen LogP contribution in [-0.4, -0.2) is 33.4 Å². The van der Waals surface area contributed by atoms with E-state index in [0.29, 0.717) is 18.8 Å². The largest absolute Gasteiger partial charge is 0.480 e. The summed E-state index contributed by atoms with van der Waals surface area (Å²) in [5, 5.41) is 18.8. The van der Waals surface area contributed by atoms with Crippen LogP contribution in [0.4, 0.5) is 0 Å². The molecule has 1 aliphatic rings. The van der Waals surface area contributed by atoms with Crippen LogP contribution in [-0.2, 0) is 4.79 Å². The van der Waals surface area contributed by atoms with Crippen molar-refractivity contribution in [2.75, 3.05) is 0 Å². The summed E-state index contributed by atoms with van der Waals surface area (Å²) in [5.74, 6) is -0.567. The lowest BCUT2D eigenvalue weighted by Crippen LogP contribution is -2.45. The minimum atomic E-state index is -0.866. The molecule has 86 valence electrons. The number of carbonyl (C=O) groups is 1. The molecule has 0 saturated carbocycles. The van der Waals surface area contributed by atoms with Gasteiger partial charge in [0.1, 0.15) is 12.3 Å². The molecule has 0 amide bonds. The highest BCUT2D eigenvalue weighted by atomic mass is 16.4. The average Bonchev–Trinajstić information content (AvgIpc) is 2.15. The summed E-state index contributed by atoms with van der Waals surface area (Å²) in [6.45, 7) is 3.96. The molecule has 4 nitrogen and oxygen atoms in total. The van der Waals surface area contributed by atoms with Gasteiger partial charge < -0.3 is 15.1 Å². The van der Waals surface area contributed by atoms with E-state index < -0.39 is 18.2 Å². The quantitative estimate of drug-likeness (QED) is 0.741. The molecule has 0 spiro atoms. The maximum absolute atomic E-state index is 11.1. The molecule has 4 heteroatoms. The van der Waals surface area contributed by atoms with Crippen molar-refractivity contribution in [1.29, 1.82) is 0 Å². The molecule has 2 unspecified atom stereocenters. The van der Waals surface area contributed by atoms with Gasteiger partial charge in [-0.05, 0) is 31.4 Å². The Bertz CT molecular complexity index is 250. The van der Waals surface area contributed by atoms with Crippen LogP contribution >= 0.6 is 0 Å². The van der Waals surface area contributed by atoms with Crippen LogP contribution in [0.5, 0.6) is 0 Å². The summed E-state index contributed by atoms with van der Waals surface area (Å²) in [6, 6.07) is -0.614. The summed E-state index contributed by atoms with van der Waals surface area (Å²) in [4.78, 5) is 12.6. The predicted molar refractivity (Wildman–Crippen MR) is 57.1 cm³/mol. The van der Waals surface area contributed by atoms with Crippen molar-refractivity contribution in [2.45, 2.75) is 45.4 Å². The van der Waals surface area contributed by atoms with Crippen LogP contribution in [0.3, 0.4) is 0 Å². The number of carboxylic acid groups (broad SMARTS) is 1. The van der Waals surface area contributed by atoms with Crippen LogP contribution in [0, 0.1) is 5.92 Å². The standard InChI is InChI=1S/C11H19NO3/c1-8(2)7-9(11(14)15)12-6-4-3-5-10(12)13/h4,6,8-10,13H,3,5,7H2,1-2H3,(H,14,15). The number of carboxylic acids is 1. The molecule has 1 aliphatic heterocycles. The van der Waals surface area contributed by atoms with Crippen LogP contribution < -0.4 is 0 Å². The second kappa shape index (κ2) is 5.16. The smallest absolute Gasteiger partial charge is 0.326 e. The first-order valence-electron chi connectivity index (χ1n) is 5.37. The first-order chi connectivity index (χ1) is 7.02. The van der Waals surface area contributed by atoms with E-state index in [1.165, 1.54) is 0 Å². The minimum Gasteiger partial charge on any atom is -0.480 e. The SMILES string of the molecule is CC(C)CC(C(=O)O)N1C=CCCC1O. The molecule has 0 bridgehead atoms. The average molecular weight is 213 g/mol. The van der Waals surface area contributed by atoms with E-state index in [-0.39, 0.29) is 0 Å². The van der Waals surface area contributed by atoms with Crippen LogP contribution in [0.1, 0.15) is 33.1 Å². The Hall–Kier alpha value is -1.03. The first kappa shape index (κ1) is 12.0. The Morgan fingerprint density at radius 1 is 1.60 bits per heavy atom. The van der Waals surface area contributed by atoms with Gasteiger partial charge >= 0.3 is 5.97 Å². The summed E-state index contributed by atoms with van der Waals surface area (Å²) in [5.41, 5.74) is 0. The lowest BCUT2D eigenvalue weighted by molar-refractivity contribution is -0.147. The zero-order chi connectivity index (χ0) is 11.4. The van der Waals surface area contributed by atoms with Gasteiger partial charge in [-0.2, -0.15) is 0 Å². The summed E-state index contributed by atoms with van der Waals surface area (Å²) < 4.78 is 0. The number of hydrogen-bond acceptors (Lipinski definition) is 3. The van der Waals surface area contributed by atoms with E-state index in [1.807, 2.05) is 19.9 Å². The van der Waals surface area contributed by atoms with Crippen molar-refractivity contribution in [3.63, 3.8) is 0 Å². The molecule has 0 aliphatic carbocycles. The number of aliphatic hydroxyl groups is 1. The molecule has 0 aromatic rings. The molecule has 0 aromatic heterocycles. The number of nitrogens with zero attached hydrogens (tertiary/aromatic N) is 1. The summed E-state index contributed by atoms with van der Waals surface area (Å²) >= 11 is 0. The van der Waals surface area contributed by atoms with E-state index in [0.717, 1.165) is 6.42 Å². The molecular weight excluding hydrogens is 194 g/mol. The van der Waals surface area contributed by atoms with Crippen molar-refractivity contribution >= 4 is 5.97 Å². The van der Waals surface area contributed by atoms with Gasteiger partial charge in [-0.15, -0.1) is 0 Å². The molecule has 0 aromatic carbocycles. The molecule has 0 fully saturated rings. The van der Waals surface area contributed by atoms with Crippen LogP contribution in [0.15, 0.2) is 12.3 Å². The van der Waals surface area contributed by atoms with E-state index in [9.17, 15) is 9.90 Å². The fraction of sp³-hybridized carbons (Fsp3) is 0.727. The second-order valence-electron chi connectivity index (χ2n) is 4.37. The minimum absolute atomic E-state index is 0.300. The zero-order valence-electron chi connectivity index (χ0n) is 9.26. The van der Waals surface area contributed by atoms with Crippen molar-refractivity contribution in [3.05, 3.63) is 12.3 Å². The van der Waals surface area contributed by atoms with Crippen molar-refractivity contribution in [3.8, 4) is 0 Å². The van der Waals surface area contributed by atoms with E-state index in [2.05, 4.69) is 0 Å². The monoisotopic (exact) mass is 213 g/mol. The maximum atomic E-state index is 11.1. The van der Waals surface area contributed by atoms with E-state index in [4.69, 9.17) is 5.11 Å². The van der Waals surface area contributed by atoms with Crippen molar-refractivity contribution in [1.82, 2.24) is 4.90 Å². The van der Waals surface area contributed by atoms with E-state index in [1.54, 1.807) is 11.1 Å². The van der Waals surface area contributed by atoms with Gasteiger partial charge in [-0.1, -0.05) is 19.9 Å². The molecule has 0 saturated heterocycles. The molecule has 0 radical (unpaired) electrons. The van der Waals surface area contributed by atoms with Gasteiger partial charge in [0.2, 0.25) is 0 Å². The number of aliphatic hydroxyl groups excluding tert-OH is 1. The highest BCUT2D eigenvalue weighted by Crippen LogP contribution is 2.20. The van der Waals surface area contributed by atoms with Crippen LogP contribution in [0.2, 0.25) is 0 Å². The van der Waals surface area contributed by atoms with Gasteiger partial charge in [0.25, 0.3) is 0 Å². The lowest BCUT2D eigenvalue weighted by Gasteiger charge is -2.35. The van der Waals surface area contributed by atoms with Gasteiger partial charge in [0.05, 0.1) is 0 Å². The Morgan fingerprint density at radius 3 is 2.73 bits per heavy atom. The highest BCUT2D eigenvalue weighted by Gasteiger charge is 2.29. The molecular formula is C11H19NO3. The van der Waals surface area contributed by atoms with Gasteiger partial charge in [-0.25, -0.2) is 4.79 Å². The second-order valence-corrected chi connectivity index (χ2v) is 4.37.